The van der Waals surface area contributed by atoms with Crippen LogP contribution >= 0.6 is 15.9 Å². The van der Waals surface area contributed by atoms with Gasteiger partial charge in [0.1, 0.15) is 5.82 Å². The molecule has 2 amide bonds. The van der Waals surface area contributed by atoms with Crippen LogP contribution in [0.2, 0.25) is 0 Å². The second kappa shape index (κ2) is 6.68. The van der Waals surface area contributed by atoms with Gasteiger partial charge >= 0.3 is 12.2 Å². The molecule has 2 atom stereocenters. The fraction of sp³-hybridized carbons (Fsp3) is 0.333. The van der Waals surface area contributed by atoms with E-state index in [0.29, 0.717) is 30.0 Å². The smallest absolute Gasteiger partial charge is 0.314 e. The molecule has 4 rings (SSSR count). The van der Waals surface area contributed by atoms with E-state index < -0.39 is 29.5 Å². The summed E-state index contributed by atoms with van der Waals surface area (Å²) in [7, 11) is 0. The van der Waals surface area contributed by atoms with Gasteiger partial charge < -0.3 is 10.2 Å². The average molecular weight is 462 g/mol. The number of nitrogens with zero attached hydrogens (tertiary/aromatic N) is 2. The molecule has 0 radical (unpaired) electrons. The molecule has 10 heteroatoms. The van der Waals surface area contributed by atoms with Crippen molar-refractivity contribution in [3.8, 4) is 0 Å². The van der Waals surface area contributed by atoms with Gasteiger partial charge in [0.05, 0.1) is 17.3 Å². The maximum Gasteiger partial charge on any atom is 0.417 e. The minimum Gasteiger partial charge on any atom is -0.314 e. The van der Waals surface area contributed by atoms with Crippen molar-refractivity contribution in [1.29, 1.82) is 0 Å². The molecule has 2 aromatic rings. The average Bonchev–Trinajstić information content (AvgIpc) is 2.93. The minimum absolute atomic E-state index is 0.280. The quantitative estimate of drug-likeness (QED) is 0.454. The number of hydrogen-bond acceptors (Lipinski definition) is 2. The van der Waals surface area contributed by atoms with E-state index in [0.717, 1.165) is 6.07 Å². The van der Waals surface area contributed by atoms with E-state index >= 15 is 0 Å². The predicted molar refractivity (Wildman–Crippen MR) is 93.6 cm³/mol. The van der Waals surface area contributed by atoms with Crippen molar-refractivity contribution in [3.05, 3.63) is 57.3 Å². The van der Waals surface area contributed by atoms with Crippen LogP contribution in [0.5, 0.6) is 0 Å². The first-order valence-corrected chi connectivity index (χ1v) is 9.25. The number of carbonyl (C=O) groups is 1. The highest BCUT2D eigenvalue weighted by molar-refractivity contribution is 9.10. The summed E-state index contributed by atoms with van der Waals surface area (Å²) >= 11 is 2.77. The van der Waals surface area contributed by atoms with Crippen molar-refractivity contribution < 1.29 is 26.7 Å². The molecule has 0 unspecified atom stereocenters. The molecule has 1 aromatic heterocycles. The standard InChI is InChI=1S/C18H13BrF5N3O/c19-12-7-14(13(20)6-11(12)18(22,23)24)26-17(28)27-8-1-2-15(27)9-3-4-25-16(21)10(9)5-8/h3-4,6-8,15H,1-2,5H2,(H,26,28)/t8-,15+/m1/s1. The summed E-state index contributed by atoms with van der Waals surface area (Å²) in [4.78, 5) is 17.9. The zero-order valence-electron chi connectivity index (χ0n) is 14.2. The number of pyridine rings is 1. The third kappa shape index (κ3) is 3.13. The summed E-state index contributed by atoms with van der Waals surface area (Å²) in [5, 5.41) is 2.35. The van der Waals surface area contributed by atoms with E-state index in [1.165, 1.54) is 11.1 Å². The summed E-state index contributed by atoms with van der Waals surface area (Å²) in [6.45, 7) is 0. The molecule has 1 fully saturated rings. The van der Waals surface area contributed by atoms with Crippen molar-refractivity contribution in [2.45, 2.75) is 37.5 Å². The first-order valence-electron chi connectivity index (χ1n) is 8.45. The van der Waals surface area contributed by atoms with Gasteiger partial charge in [0, 0.05) is 22.3 Å². The Hall–Kier alpha value is -2.23. The van der Waals surface area contributed by atoms with Gasteiger partial charge in [-0.1, -0.05) is 15.9 Å². The molecule has 4 nitrogen and oxygen atoms in total. The van der Waals surface area contributed by atoms with Crippen molar-refractivity contribution in [3.63, 3.8) is 0 Å². The first-order chi connectivity index (χ1) is 13.2. The number of aromatic nitrogens is 1. The van der Waals surface area contributed by atoms with Crippen molar-refractivity contribution in [1.82, 2.24) is 9.88 Å². The van der Waals surface area contributed by atoms with E-state index in [2.05, 4.69) is 26.2 Å². The highest BCUT2D eigenvalue weighted by Gasteiger charge is 2.44. The Morgan fingerprint density at radius 2 is 2.00 bits per heavy atom. The molecule has 2 aliphatic rings. The van der Waals surface area contributed by atoms with Crippen LogP contribution in [0.25, 0.3) is 0 Å². The number of urea groups is 1. The normalized spacial score (nSPS) is 20.9. The minimum atomic E-state index is -4.73. The Morgan fingerprint density at radius 1 is 1.25 bits per heavy atom. The topological polar surface area (TPSA) is 45.2 Å². The predicted octanol–water partition coefficient (Wildman–Crippen LogP) is 5.43. The fourth-order valence-electron chi connectivity index (χ4n) is 3.97. The number of amides is 2. The molecule has 0 aliphatic carbocycles. The van der Waals surface area contributed by atoms with E-state index in [4.69, 9.17) is 0 Å². The van der Waals surface area contributed by atoms with Gasteiger partial charge in [-0.25, -0.2) is 14.2 Å². The highest BCUT2D eigenvalue weighted by atomic mass is 79.9. The second-order valence-corrected chi connectivity index (χ2v) is 7.62. The van der Waals surface area contributed by atoms with Crippen LogP contribution in [0.15, 0.2) is 28.9 Å². The fourth-order valence-corrected chi connectivity index (χ4v) is 4.53. The Kier molecular flexibility index (Phi) is 4.56. The van der Waals surface area contributed by atoms with E-state index in [9.17, 15) is 26.7 Å². The lowest BCUT2D eigenvalue weighted by atomic mass is 9.95. The lowest BCUT2D eigenvalue weighted by Crippen LogP contribution is -2.44. The zero-order valence-corrected chi connectivity index (χ0v) is 15.7. The summed E-state index contributed by atoms with van der Waals surface area (Å²) < 4.78 is 66.4. The van der Waals surface area contributed by atoms with Crippen LogP contribution in [-0.2, 0) is 12.6 Å². The molecule has 1 aromatic carbocycles. The molecule has 148 valence electrons. The number of halogens is 6. The molecule has 2 aliphatic heterocycles. The van der Waals surface area contributed by atoms with E-state index in [-0.39, 0.29) is 28.7 Å². The molecule has 0 spiro atoms. The second-order valence-electron chi connectivity index (χ2n) is 6.77. The van der Waals surface area contributed by atoms with Crippen molar-refractivity contribution >= 4 is 27.6 Å². The molecular formula is C18H13BrF5N3O. The SMILES string of the molecule is O=C(Nc1cc(Br)c(C(F)(F)F)cc1F)N1[C@@H]2CC[C@H]1c1ccnc(F)c1C2. The number of hydrogen-bond donors (Lipinski definition) is 1. The third-order valence-electron chi connectivity index (χ3n) is 5.18. The van der Waals surface area contributed by atoms with Crippen molar-refractivity contribution in [2.24, 2.45) is 0 Å². The number of benzene rings is 1. The van der Waals surface area contributed by atoms with Gasteiger partial charge in [-0.05, 0) is 43.0 Å². The molecule has 1 N–H and O–H groups in total. The van der Waals surface area contributed by atoms with Gasteiger partial charge in [-0.15, -0.1) is 0 Å². The number of carbonyl (C=O) groups excluding carboxylic acids is 1. The molecular weight excluding hydrogens is 449 g/mol. The van der Waals surface area contributed by atoms with E-state index in [1.54, 1.807) is 6.07 Å². The zero-order chi connectivity index (χ0) is 20.2. The maximum absolute atomic E-state index is 14.2. The largest absolute Gasteiger partial charge is 0.417 e. The number of rotatable bonds is 1. The van der Waals surface area contributed by atoms with Crippen molar-refractivity contribution in [2.75, 3.05) is 5.32 Å². The monoisotopic (exact) mass is 461 g/mol. The summed E-state index contributed by atoms with van der Waals surface area (Å²) in [5.74, 6) is -1.75. The third-order valence-corrected chi connectivity index (χ3v) is 5.84. The maximum atomic E-state index is 14.2. The number of alkyl halides is 3. The Balaban J connectivity index is 1.61. The van der Waals surface area contributed by atoms with Crippen LogP contribution in [0.3, 0.4) is 0 Å². The van der Waals surface area contributed by atoms with Crippen LogP contribution in [0.4, 0.5) is 32.4 Å². The van der Waals surface area contributed by atoms with Crippen LogP contribution < -0.4 is 5.32 Å². The Labute approximate surface area is 164 Å². The molecule has 1 saturated heterocycles. The van der Waals surface area contributed by atoms with Gasteiger partial charge in [0.15, 0.2) is 0 Å². The molecule has 0 saturated carbocycles. The summed E-state index contributed by atoms with van der Waals surface area (Å²) in [5.41, 5.74) is -0.401. The van der Waals surface area contributed by atoms with Gasteiger partial charge in [-0.2, -0.15) is 17.6 Å². The summed E-state index contributed by atoms with van der Waals surface area (Å²) in [6.07, 6.45) is -1.84. The van der Waals surface area contributed by atoms with Gasteiger partial charge in [0.2, 0.25) is 5.95 Å². The lowest BCUT2D eigenvalue weighted by Gasteiger charge is -2.36. The summed E-state index contributed by atoms with van der Waals surface area (Å²) in [6, 6.07) is 1.57. The first kappa shape index (κ1) is 19.1. The number of anilines is 1. The molecule has 2 bridgehead atoms. The molecule has 28 heavy (non-hydrogen) atoms. The Morgan fingerprint density at radius 3 is 2.71 bits per heavy atom. The lowest BCUT2D eigenvalue weighted by molar-refractivity contribution is -0.138. The highest BCUT2D eigenvalue weighted by Crippen LogP contribution is 2.44. The van der Waals surface area contributed by atoms with Crippen LogP contribution in [-0.4, -0.2) is 22.0 Å². The number of fused-ring (bicyclic) bond motifs is 4. The van der Waals surface area contributed by atoms with Crippen LogP contribution in [0.1, 0.15) is 35.6 Å². The Bertz CT molecular complexity index is 965. The van der Waals surface area contributed by atoms with E-state index in [1.807, 2.05) is 0 Å². The van der Waals surface area contributed by atoms with Gasteiger partial charge in [-0.3, -0.25) is 0 Å². The molecule has 3 heterocycles. The van der Waals surface area contributed by atoms with Crippen LogP contribution in [0, 0.1) is 11.8 Å². The number of nitrogens with one attached hydrogen (secondary N) is 1. The van der Waals surface area contributed by atoms with Gasteiger partial charge in [0.25, 0.3) is 0 Å².